The normalized spacial score (nSPS) is 9.33. The SMILES string of the molecule is C#CCN(CC)c1cnc(C(=O)O)cn1. The molecule has 0 aromatic carbocycles. The van der Waals surface area contributed by atoms with Crippen molar-refractivity contribution in [2.45, 2.75) is 6.92 Å². The predicted octanol–water partition coefficient (Wildman–Crippen LogP) is 0.634. The molecule has 5 nitrogen and oxygen atoms in total. The lowest BCUT2D eigenvalue weighted by molar-refractivity contribution is 0.0690. The van der Waals surface area contributed by atoms with E-state index < -0.39 is 5.97 Å². The number of aromatic nitrogens is 2. The summed E-state index contributed by atoms with van der Waals surface area (Å²) in [5.41, 5.74) is -0.0736. The molecule has 1 N–H and O–H groups in total. The molecule has 15 heavy (non-hydrogen) atoms. The van der Waals surface area contributed by atoms with E-state index in [-0.39, 0.29) is 5.69 Å². The molecule has 0 unspecified atom stereocenters. The molecule has 1 heterocycles. The highest BCUT2D eigenvalue weighted by Gasteiger charge is 2.08. The Labute approximate surface area is 87.8 Å². The molecule has 0 saturated heterocycles. The van der Waals surface area contributed by atoms with Crippen LogP contribution in [0.2, 0.25) is 0 Å². The van der Waals surface area contributed by atoms with E-state index in [1.165, 1.54) is 12.4 Å². The van der Waals surface area contributed by atoms with Crippen LogP contribution in [0.1, 0.15) is 17.4 Å². The van der Waals surface area contributed by atoms with Crippen molar-refractivity contribution in [3.8, 4) is 12.3 Å². The van der Waals surface area contributed by atoms with E-state index in [9.17, 15) is 4.79 Å². The van der Waals surface area contributed by atoms with Gasteiger partial charge in [-0.25, -0.2) is 14.8 Å². The predicted molar refractivity (Wildman–Crippen MR) is 55.7 cm³/mol. The van der Waals surface area contributed by atoms with Crippen LogP contribution in [0.15, 0.2) is 12.4 Å². The van der Waals surface area contributed by atoms with Crippen molar-refractivity contribution in [3.63, 3.8) is 0 Å². The first-order valence-electron chi connectivity index (χ1n) is 4.42. The summed E-state index contributed by atoms with van der Waals surface area (Å²) in [6.07, 6.45) is 7.81. The average Bonchev–Trinajstić information content (AvgIpc) is 2.26. The molecule has 0 saturated carbocycles. The second-order valence-electron chi connectivity index (χ2n) is 2.78. The zero-order valence-corrected chi connectivity index (χ0v) is 8.34. The van der Waals surface area contributed by atoms with Crippen molar-refractivity contribution in [2.75, 3.05) is 18.0 Å². The van der Waals surface area contributed by atoms with Crippen molar-refractivity contribution in [3.05, 3.63) is 18.1 Å². The van der Waals surface area contributed by atoms with Gasteiger partial charge in [-0.2, -0.15) is 0 Å². The summed E-state index contributed by atoms with van der Waals surface area (Å²) in [6, 6.07) is 0. The molecule has 0 radical (unpaired) electrons. The van der Waals surface area contributed by atoms with Gasteiger partial charge in [0.1, 0.15) is 5.82 Å². The molecular weight excluding hydrogens is 194 g/mol. The van der Waals surface area contributed by atoms with E-state index >= 15 is 0 Å². The first-order chi connectivity index (χ1) is 7.19. The fourth-order valence-corrected chi connectivity index (χ4v) is 1.06. The van der Waals surface area contributed by atoms with Crippen LogP contribution in [-0.4, -0.2) is 34.1 Å². The van der Waals surface area contributed by atoms with Gasteiger partial charge >= 0.3 is 5.97 Å². The molecule has 0 aliphatic heterocycles. The molecule has 0 aliphatic rings. The van der Waals surface area contributed by atoms with Crippen molar-refractivity contribution >= 4 is 11.8 Å². The van der Waals surface area contributed by atoms with Gasteiger partial charge in [0, 0.05) is 6.54 Å². The first kappa shape index (κ1) is 11.0. The second kappa shape index (κ2) is 4.96. The summed E-state index contributed by atoms with van der Waals surface area (Å²) in [6.45, 7) is 3.06. The Hall–Kier alpha value is -2.09. The monoisotopic (exact) mass is 205 g/mol. The number of nitrogens with zero attached hydrogens (tertiary/aromatic N) is 3. The third-order valence-electron chi connectivity index (χ3n) is 1.85. The van der Waals surface area contributed by atoms with Gasteiger partial charge in [0.05, 0.1) is 18.9 Å². The number of rotatable bonds is 4. The molecule has 1 rings (SSSR count). The molecule has 0 amide bonds. The Bertz CT molecular complexity index is 381. The maximum absolute atomic E-state index is 10.5. The summed E-state index contributed by atoms with van der Waals surface area (Å²) in [4.78, 5) is 20.1. The lowest BCUT2D eigenvalue weighted by atomic mass is 10.4. The third kappa shape index (κ3) is 2.68. The van der Waals surface area contributed by atoms with E-state index in [0.717, 1.165) is 0 Å². The Morgan fingerprint density at radius 3 is 2.73 bits per heavy atom. The highest BCUT2D eigenvalue weighted by molar-refractivity contribution is 5.84. The number of terminal acetylenes is 1. The fourth-order valence-electron chi connectivity index (χ4n) is 1.06. The zero-order chi connectivity index (χ0) is 11.3. The second-order valence-corrected chi connectivity index (χ2v) is 2.78. The van der Waals surface area contributed by atoms with Gasteiger partial charge in [0.15, 0.2) is 5.69 Å². The molecule has 0 spiro atoms. The van der Waals surface area contributed by atoms with Crippen LogP contribution in [0.3, 0.4) is 0 Å². The highest BCUT2D eigenvalue weighted by Crippen LogP contribution is 2.07. The summed E-state index contributed by atoms with van der Waals surface area (Å²) < 4.78 is 0. The fraction of sp³-hybridized carbons (Fsp3) is 0.300. The summed E-state index contributed by atoms with van der Waals surface area (Å²) in [5, 5.41) is 8.63. The molecular formula is C10H11N3O2. The third-order valence-corrected chi connectivity index (χ3v) is 1.85. The van der Waals surface area contributed by atoms with Gasteiger partial charge in [-0.3, -0.25) is 0 Å². The highest BCUT2D eigenvalue weighted by atomic mass is 16.4. The molecule has 0 atom stereocenters. The van der Waals surface area contributed by atoms with Crippen molar-refractivity contribution in [1.82, 2.24) is 9.97 Å². The Morgan fingerprint density at radius 1 is 1.60 bits per heavy atom. The zero-order valence-electron chi connectivity index (χ0n) is 8.34. The Morgan fingerprint density at radius 2 is 2.33 bits per heavy atom. The van der Waals surface area contributed by atoms with Crippen LogP contribution in [-0.2, 0) is 0 Å². The summed E-state index contributed by atoms with van der Waals surface area (Å²) in [5.74, 6) is 1.99. The number of hydrogen-bond acceptors (Lipinski definition) is 4. The van der Waals surface area contributed by atoms with Crippen LogP contribution >= 0.6 is 0 Å². The van der Waals surface area contributed by atoms with Crippen molar-refractivity contribution in [1.29, 1.82) is 0 Å². The number of carboxylic acid groups (broad SMARTS) is 1. The van der Waals surface area contributed by atoms with Gasteiger partial charge in [-0.15, -0.1) is 6.42 Å². The lowest BCUT2D eigenvalue weighted by Crippen LogP contribution is -2.24. The number of carbonyl (C=O) groups is 1. The number of hydrogen-bond donors (Lipinski definition) is 1. The number of aromatic carboxylic acids is 1. The quantitative estimate of drug-likeness (QED) is 0.730. The minimum atomic E-state index is -1.09. The number of anilines is 1. The Balaban J connectivity index is 2.87. The van der Waals surface area contributed by atoms with Gasteiger partial charge in [-0.05, 0) is 6.92 Å². The van der Waals surface area contributed by atoms with E-state index in [2.05, 4.69) is 15.9 Å². The van der Waals surface area contributed by atoms with Crippen LogP contribution < -0.4 is 4.90 Å². The van der Waals surface area contributed by atoms with Gasteiger partial charge in [-0.1, -0.05) is 5.92 Å². The minimum absolute atomic E-state index is 0.0736. The van der Waals surface area contributed by atoms with Crippen LogP contribution in [0.5, 0.6) is 0 Å². The molecule has 1 aromatic heterocycles. The molecule has 5 heteroatoms. The summed E-state index contributed by atoms with van der Waals surface area (Å²) >= 11 is 0. The maximum Gasteiger partial charge on any atom is 0.356 e. The molecule has 0 bridgehead atoms. The molecule has 1 aromatic rings. The van der Waals surface area contributed by atoms with E-state index in [1.807, 2.05) is 11.8 Å². The van der Waals surface area contributed by atoms with E-state index in [0.29, 0.717) is 18.9 Å². The van der Waals surface area contributed by atoms with Crippen molar-refractivity contribution in [2.24, 2.45) is 0 Å². The maximum atomic E-state index is 10.5. The van der Waals surface area contributed by atoms with Crippen molar-refractivity contribution < 1.29 is 9.90 Å². The standard InChI is InChI=1S/C10H11N3O2/c1-3-5-13(4-2)9-7-11-8(6-12-9)10(14)15/h1,6-7H,4-5H2,2H3,(H,14,15). The first-order valence-corrected chi connectivity index (χ1v) is 4.42. The van der Waals surface area contributed by atoms with Gasteiger partial charge in [0.2, 0.25) is 0 Å². The van der Waals surface area contributed by atoms with Gasteiger partial charge in [0.25, 0.3) is 0 Å². The smallest absolute Gasteiger partial charge is 0.356 e. The Kier molecular flexibility index (Phi) is 3.63. The van der Waals surface area contributed by atoms with Crippen LogP contribution in [0, 0.1) is 12.3 Å². The minimum Gasteiger partial charge on any atom is -0.476 e. The van der Waals surface area contributed by atoms with Crippen LogP contribution in [0.4, 0.5) is 5.82 Å². The van der Waals surface area contributed by atoms with Crippen LogP contribution in [0.25, 0.3) is 0 Å². The molecule has 0 fully saturated rings. The molecule has 78 valence electrons. The molecule has 0 aliphatic carbocycles. The number of carboxylic acids is 1. The summed E-state index contributed by atoms with van der Waals surface area (Å²) in [7, 11) is 0. The van der Waals surface area contributed by atoms with E-state index in [4.69, 9.17) is 11.5 Å². The van der Waals surface area contributed by atoms with E-state index in [1.54, 1.807) is 0 Å². The lowest BCUT2D eigenvalue weighted by Gasteiger charge is -2.17. The average molecular weight is 205 g/mol. The topological polar surface area (TPSA) is 66.3 Å². The van der Waals surface area contributed by atoms with Gasteiger partial charge < -0.3 is 10.0 Å². The largest absolute Gasteiger partial charge is 0.476 e.